The molecule has 1 rings (SSSR count). The van der Waals surface area contributed by atoms with E-state index in [1.54, 1.807) is 24.3 Å². The van der Waals surface area contributed by atoms with E-state index >= 15 is 0 Å². The van der Waals surface area contributed by atoms with Crippen LogP contribution in [0.15, 0.2) is 36.6 Å². The van der Waals surface area contributed by atoms with Gasteiger partial charge >= 0.3 is 0 Å². The van der Waals surface area contributed by atoms with Crippen LogP contribution in [0.1, 0.15) is 24.5 Å². The van der Waals surface area contributed by atoms with E-state index in [0.717, 1.165) is 0 Å². The summed E-state index contributed by atoms with van der Waals surface area (Å²) in [4.78, 5) is 0. The highest BCUT2D eigenvalue weighted by molar-refractivity contribution is 5.76. The molecule has 0 aliphatic carbocycles. The Morgan fingerprint density at radius 1 is 1.56 bits per heavy atom. The van der Waals surface area contributed by atoms with Crippen LogP contribution in [0.4, 0.5) is 4.39 Å². The van der Waals surface area contributed by atoms with Crippen molar-refractivity contribution in [3.8, 4) is 0 Å². The molecule has 0 radical (unpaired) electrons. The standard InChI is InChI=1S/C13H16FNO/c1-3-5-11(9(2)16)12-7-4-6-10(8-15)13(12)14/h4-7,16H,2-3,8,15H2,1H3/b11-5+. The third kappa shape index (κ3) is 2.49. The Kier molecular flexibility index (Phi) is 4.26. The number of hydrogen-bond acceptors (Lipinski definition) is 2. The van der Waals surface area contributed by atoms with E-state index in [0.29, 0.717) is 23.1 Å². The van der Waals surface area contributed by atoms with Crippen LogP contribution in [0.5, 0.6) is 0 Å². The second-order valence-corrected chi connectivity index (χ2v) is 3.46. The predicted octanol–water partition coefficient (Wildman–Crippen LogP) is 3.15. The molecule has 0 fully saturated rings. The molecule has 0 bridgehead atoms. The first-order valence-corrected chi connectivity index (χ1v) is 5.18. The Morgan fingerprint density at radius 3 is 2.75 bits per heavy atom. The van der Waals surface area contributed by atoms with Crippen molar-refractivity contribution in [2.75, 3.05) is 0 Å². The summed E-state index contributed by atoms with van der Waals surface area (Å²) in [6.07, 6.45) is 2.43. The lowest BCUT2D eigenvalue weighted by atomic mass is 10.00. The van der Waals surface area contributed by atoms with Crippen LogP contribution in [-0.4, -0.2) is 5.11 Å². The van der Waals surface area contributed by atoms with Crippen LogP contribution in [0, 0.1) is 5.82 Å². The van der Waals surface area contributed by atoms with Crippen LogP contribution in [-0.2, 0) is 6.54 Å². The first-order valence-electron chi connectivity index (χ1n) is 5.18. The van der Waals surface area contributed by atoms with E-state index < -0.39 is 0 Å². The summed E-state index contributed by atoms with van der Waals surface area (Å²) in [5.74, 6) is -0.519. The summed E-state index contributed by atoms with van der Waals surface area (Å²) in [6, 6.07) is 4.95. The molecule has 0 amide bonds. The van der Waals surface area contributed by atoms with Gasteiger partial charge in [-0.15, -0.1) is 0 Å². The molecule has 0 spiro atoms. The molecule has 2 nitrogen and oxygen atoms in total. The fourth-order valence-electron chi connectivity index (χ4n) is 1.53. The number of rotatable bonds is 4. The van der Waals surface area contributed by atoms with E-state index in [1.807, 2.05) is 6.92 Å². The van der Waals surface area contributed by atoms with Crippen LogP contribution < -0.4 is 5.73 Å². The second-order valence-electron chi connectivity index (χ2n) is 3.46. The molecular weight excluding hydrogens is 205 g/mol. The SMILES string of the molecule is C=C(O)/C(=C\CC)c1cccc(CN)c1F. The van der Waals surface area contributed by atoms with Crippen molar-refractivity contribution in [3.63, 3.8) is 0 Å². The van der Waals surface area contributed by atoms with Crippen LogP contribution in [0.3, 0.4) is 0 Å². The molecule has 0 unspecified atom stereocenters. The van der Waals surface area contributed by atoms with Gasteiger partial charge < -0.3 is 10.8 Å². The van der Waals surface area contributed by atoms with Gasteiger partial charge in [0.2, 0.25) is 0 Å². The first-order chi connectivity index (χ1) is 7.61. The predicted molar refractivity (Wildman–Crippen MR) is 64.3 cm³/mol. The van der Waals surface area contributed by atoms with Gasteiger partial charge in [-0.1, -0.05) is 37.8 Å². The van der Waals surface area contributed by atoms with Gasteiger partial charge in [0.25, 0.3) is 0 Å². The first kappa shape index (κ1) is 12.5. The van der Waals surface area contributed by atoms with Crippen molar-refractivity contribution in [3.05, 3.63) is 53.6 Å². The van der Waals surface area contributed by atoms with E-state index in [2.05, 4.69) is 6.58 Å². The largest absolute Gasteiger partial charge is 0.508 e. The fourth-order valence-corrected chi connectivity index (χ4v) is 1.53. The van der Waals surface area contributed by atoms with Crippen LogP contribution >= 0.6 is 0 Å². The third-order valence-electron chi connectivity index (χ3n) is 2.31. The van der Waals surface area contributed by atoms with E-state index in [4.69, 9.17) is 5.73 Å². The van der Waals surface area contributed by atoms with E-state index in [9.17, 15) is 9.50 Å². The van der Waals surface area contributed by atoms with Crippen molar-refractivity contribution in [1.82, 2.24) is 0 Å². The van der Waals surface area contributed by atoms with Crippen molar-refractivity contribution in [2.24, 2.45) is 5.73 Å². The van der Waals surface area contributed by atoms with Gasteiger partial charge in [0.1, 0.15) is 11.6 Å². The lowest BCUT2D eigenvalue weighted by Gasteiger charge is -2.10. The zero-order valence-electron chi connectivity index (χ0n) is 9.33. The second kappa shape index (κ2) is 5.47. The van der Waals surface area contributed by atoms with Gasteiger partial charge in [-0.05, 0) is 6.42 Å². The maximum absolute atomic E-state index is 13.9. The number of benzene rings is 1. The number of aliphatic hydroxyl groups excluding tert-OH is 1. The number of halogens is 1. The Hall–Kier alpha value is -1.61. The number of allylic oxidation sites excluding steroid dienone is 2. The lowest BCUT2D eigenvalue weighted by molar-refractivity contribution is 0.439. The molecule has 1 aromatic carbocycles. The number of nitrogens with two attached hydrogens (primary N) is 1. The molecule has 1 aromatic rings. The number of aliphatic hydroxyl groups is 1. The Labute approximate surface area is 94.9 Å². The average Bonchev–Trinajstić information content (AvgIpc) is 2.26. The Bertz CT molecular complexity index is 424. The fraction of sp³-hybridized carbons (Fsp3) is 0.231. The molecule has 0 aliphatic rings. The summed E-state index contributed by atoms with van der Waals surface area (Å²) in [5, 5.41) is 9.42. The normalized spacial score (nSPS) is 11.6. The molecule has 0 aromatic heterocycles. The molecule has 0 aliphatic heterocycles. The minimum Gasteiger partial charge on any atom is -0.508 e. The molecule has 0 saturated carbocycles. The van der Waals surface area contributed by atoms with E-state index in [1.165, 1.54) is 0 Å². The average molecular weight is 221 g/mol. The molecule has 86 valence electrons. The molecule has 0 atom stereocenters. The smallest absolute Gasteiger partial charge is 0.135 e. The van der Waals surface area contributed by atoms with Gasteiger partial charge in [0, 0.05) is 23.2 Å². The monoisotopic (exact) mass is 221 g/mol. The quantitative estimate of drug-likeness (QED) is 0.606. The molecule has 3 N–H and O–H groups in total. The molecule has 3 heteroatoms. The summed E-state index contributed by atoms with van der Waals surface area (Å²) in [6.45, 7) is 5.48. The van der Waals surface area contributed by atoms with Crippen molar-refractivity contribution >= 4 is 5.57 Å². The molecule has 0 saturated heterocycles. The zero-order chi connectivity index (χ0) is 12.1. The highest BCUT2D eigenvalue weighted by Crippen LogP contribution is 2.25. The van der Waals surface area contributed by atoms with Crippen LogP contribution in [0.25, 0.3) is 5.57 Å². The summed E-state index contributed by atoms with van der Waals surface area (Å²) in [7, 11) is 0. The van der Waals surface area contributed by atoms with Crippen LogP contribution in [0.2, 0.25) is 0 Å². The van der Waals surface area contributed by atoms with Gasteiger partial charge in [-0.2, -0.15) is 0 Å². The maximum atomic E-state index is 13.9. The maximum Gasteiger partial charge on any atom is 0.135 e. The lowest BCUT2D eigenvalue weighted by Crippen LogP contribution is -2.03. The molecular formula is C13H16FNO. The molecule has 0 heterocycles. The highest BCUT2D eigenvalue weighted by atomic mass is 19.1. The van der Waals surface area contributed by atoms with Gasteiger partial charge in [0.05, 0.1) is 0 Å². The van der Waals surface area contributed by atoms with Gasteiger partial charge in [0.15, 0.2) is 0 Å². The van der Waals surface area contributed by atoms with Crippen molar-refractivity contribution in [1.29, 1.82) is 0 Å². The summed E-state index contributed by atoms with van der Waals surface area (Å²) >= 11 is 0. The third-order valence-corrected chi connectivity index (χ3v) is 2.31. The zero-order valence-corrected chi connectivity index (χ0v) is 9.33. The summed E-state index contributed by atoms with van der Waals surface area (Å²) in [5.41, 5.74) is 6.63. The number of hydrogen-bond donors (Lipinski definition) is 2. The van der Waals surface area contributed by atoms with Gasteiger partial charge in [-0.3, -0.25) is 0 Å². The van der Waals surface area contributed by atoms with E-state index in [-0.39, 0.29) is 18.1 Å². The Morgan fingerprint density at radius 2 is 2.25 bits per heavy atom. The van der Waals surface area contributed by atoms with Crippen molar-refractivity contribution < 1.29 is 9.50 Å². The topological polar surface area (TPSA) is 46.2 Å². The molecule has 16 heavy (non-hydrogen) atoms. The summed E-state index contributed by atoms with van der Waals surface area (Å²) < 4.78 is 13.9. The minimum absolute atomic E-state index is 0.130. The van der Waals surface area contributed by atoms with Gasteiger partial charge in [-0.25, -0.2) is 4.39 Å². The minimum atomic E-state index is -0.389. The Balaban J connectivity index is 3.31. The highest BCUT2D eigenvalue weighted by Gasteiger charge is 2.12. The van der Waals surface area contributed by atoms with Crippen molar-refractivity contribution in [2.45, 2.75) is 19.9 Å².